The van der Waals surface area contributed by atoms with E-state index < -0.39 is 35.8 Å². The third-order valence-electron chi connectivity index (χ3n) is 8.12. The number of rotatable bonds is 10. The van der Waals surface area contributed by atoms with Crippen molar-refractivity contribution < 1.29 is 28.7 Å². The van der Waals surface area contributed by atoms with Gasteiger partial charge in [-0.15, -0.1) is 0 Å². The number of amides is 4. The van der Waals surface area contributed by atoms with Crippen LogP contribution in [-0.4, -0.2) is 60.5 Å². The molecule has 254 valence electrons. The molecule has 0 saturated heterocycles. The SMILES string of the molecule is COCCC(=O)N[C@H]1Cc2cccc(c2)Oc2cccc(c2)C[C@@H](C(=O)NCc2cccnc2)NC(=O)[C@H](CCc2ccccc2)NC1=O. The molecule has 4 aromatic rings. The zero-order valence-electron chi connectivity index (χ0n) is 27.4. The van der Waals surface area contributed by atoms with E-state index in [1.165, 1.54) is 7.11 Å². The molecule has 0 aliphatic carbocycles. The molecule has 11 nitrogen and oxygen atoms in total. The molecule has 0 saturated carbocycles. The number of pyridine rings is 1. The first-order valence-electron chi connectivity index (χ1n) is 16.3. The van der Waals surface area contributed by atoms with E-state index in [4.69, 9.17) is 9.47 Å². The number of hydrogen-bond donors (Lipinski definition) is 4. The Morgan fingerprint density at radius 1 is 0.857 bits per heavy atom. The van der Waals surface area contributed by atoms with Gasteiger partial charge in [0.05, 0.1) is 6.61 Å². The first kappa shape index (κ1) is 34.8. The number of nitrogens with one attached hydrogen (secondary N) is 4. The van der Waals surface area contributed by atoms with E-state index in [0.717, 1.165) is 22.3 Å². The Balaban J connectivity index is 1.48. The Labute approximate surface area is 285 Å². The summed E-state index contributed by atoms with van der Waals surface area (Å²) in [6, 6.07) is 24.9. The summed E-state index contributed by atoms with van der Waals surface area (Å²) in [4.78, 5) is 58.6. The standard InChI is InChI=1S/C38H41N5O6/c1-48-19-17-35(44)41-34-23-28-11-6-14-31(21-28)49-30-13-5-10-27(20-30)22-33(36(45)40-25-29-12-7-18-39-24-29)43-37(46)32(42-38(34)47)16-15-26-8-3-2-4-9-26/h2-14,18,20-21,24,32-34H,15-17,19,22-23,25H2,1H3,(H,40,45)(H,41,44)(H,42,47)(H,43,46)/t32-,33-,34-/m0/s1. The fraction of sp³-hybridized carbons (Fsp3) is 0.289. The summed E-state index contributed by atoms with van der Waals surface area (Å²) in [7, 11) is 1.50. The molecule has 1 aromatic heterocycles. The number of hydrogen-bond acceptors (Lipinski definition) is 7. The van der Waals surface area contributed by atoms with Crippen molar-refractivity contribution in [2.75, 3.05) is 13.7 Å². The van der Waals surface area contributed by atoms with Crippen LogP contribution in [0.15, 0.2) is 103 Å². The number of methoxy groups -OCH3 is 1. The van der Waals surface area contributed by atoms with Crippen molar-refractivity contribution in [3.8, 4) is 11.5 Å². The van der Waals surface area contributed by atoms with Gasteiger partial charge in [0.1, 0.15) is 29.6 Å². The molecule has 0 spiro atoms. The molecule has 1 aliphatic heterocycles. The summed E-state index contributed by atoms with van der Waals surface area (Å²) in [6.45, 7) is 0.409. The van der Waals surface area contributed by atoms with Gasteiger partial charge in [0.2, 0.25) is 23.6 Å². The van der Waals surface area contributed by atoms with Crippen molar-refractivity contribution in [3.63, 3.8) is 0 Å². The fourth-order valence-corrected chi connectivity index (χ4v) is 5.54. The quantitative estimate of drug-likeness (QED) is 0.203. The van der Waals surface area contributed by atoms with Gasteiger partial charge in [-0.1, -0.05) is 60.7 Å². The van der Waals surface area contributed by atoms with Gasteiger partial charge in [0.25, 0.3) is 0 Å². The molecule has 3 atom stereocenters. The first-order valence-corrected chi connectivity index (χ1v) is 16.3. The zero-order chi connectivity index (χ0) is 34.4. The predicted molar refractivity (Wildman–Crippen MR) is 183 cm³/mol. The van der Waals surface area contributed by atoms with Crippen LogP contribution in [0.5, 0.6) is 11.5 Å². The highest BCUT2D eigenvalue weighted by atomic mass is 16.5. The Hall–Kier alpha value is -5.55. The van der Waals surface area contributed by atoms with E-state index in [1.54, 1.807) is 30.6 Å². The number of benzene rings is 3. The van der Waals surface area contributed by atoms with Crippen LogP contribution in [0.2, 0.25) is 0 Å². The second-order valence-electron chi connectivity index (χ2n) is 11.9. The number of ether oxygens (including phenoxy) is 2. The first-order chi connectivity index (χ1) is 23.9. The van der Waals surface area contributed by atoms with Crippen LogP contribution in [0.4, 0.5) is 0 Å². The molecule has 0 fully saturated rings. The predicted octanol–water partition coefficient (Wildman–Crippen LogP) is 3.41. The van der Waals surface area contributed by atoms with Gasteiger partial charge in [0.15, 0.2) is 0 Å². The van der Waals surface area contributed by atoms with Crippen LogP contribution in [0.25, 0.3) is 0 Å². The molecule has 0 unspecified atom stereocenters. The minimum atomic E-state index is -1.01. The second-order valence-corrected chi connectivity index (χ2v) is 11.9. The van der Waals surface area contributed by atoms with Crippen LogP contribution in [0.3, 0.4) is 0 Å². The van der Waals surface area contributed by atoms with Crippen LogP contribution in [-0.2, 0) is 49.7 Å². The summed E-state index contributed by atoms with van der Waals surface area (Å²) in [5, 5.41) is 11.5. The lowest BCUT2D eigenvalue weighted by molar-refractivity contribution is -0.134. The summed E-state index contributed by atoms with van der Waals surface area (Å²) in [6.07, 6.45) is 4.44. The number of carbonyl (C=O) groups excluding carboxylic acids is 4. The van der Waals surface area contributed by atoms with E-state index in [2.05, 4.69) is 26.3 Å². The maximum absolute atomic E-state index is 14.1. The molecule has 49 heavy (non-hydrogen) atoms. The Morgan fingerprint density at radius 2 is 1.57 bits per heavy atom. The third-order valence-corrected chi connectivity index (χ3v) is 8.12. The highest BCUT2D eigenvalue weighted by molar-refractivity contribution is 5.94. The molecule has 0 radical (unpaired) electrons. The third kappa shape index (κ3) is 10.7. The van der Waals surface area contributed by atoms with E-state index in [1.807, 2.05) is 72.8 Å². The van der Waals surface area contributed by atoms with Gasteiger partial charge in [-0.3, -0.25) is 24.2 Å². The van der Waals surface area contributed by atoms with Crippen molar-refractivity contribution in [3.05, 3.63) is 126 Å². The van der Waals surface area contributed by atoms with Crippen molar-refractivity contribution in [2.24, 2.45) is 0 Å². The maximum Gasteiger partial charge on any atom is 0.243 e. The van der Waals surface area contributed by atoms with Gasteiger partial charge in [-0.05, 0) is 65.4 Å². The number of aromatic nitrogens is 1. The van der Waals surface area contributed by atoms with Gasteiger partial charge in [-0.25, -0.2) is 0 Å². The Bertz CT molecular complexity index is 1720. The molecular weight excluding hydrogens is 622 g/mol. The zero-order valence-corrected chi connectivity index (χ0v) is 27.4. The summed E-state index contributed by atoms with van der Waals surface area (Å²) in [5.41, 5.74) is 3.31. The molecule has 3 aromatic carbocycles. The summed E-state index contributed by atoms with van der Waals surface area (Å²) in [5.74, 6) is -0.709. The molecule has 4 bridgehead atoms. The van der Waals surface area contributed by atoms with E-state index in [0.29, 0.717) is 17.9 Å². The normalized spacial score (nSPS) is 17.9. The number of nitrogens with zero attached hydrogens (tertiary/aromatic N) is 1. The van der Waals surface area contributed by atoms with Gasteiger partial charge in [0, 0.05) is 45.3 Å². The highest BCUT2D eigenvalue weighted by Gasteiger charge is 2.30. The largest absolute Gasteiger partial charge is 0.457 e. The summed E-state index contributed by atoms with van der Waals surface area (Å²) < 4.78 is 11.2. The minimum Gasteiger partial charge on any atom is -0.457 e. The van der Waals surface area contributed by atoms with Crippen molar-refractivity contribution >= 4 is 23.6 Å². The van der Waals surface area contributed by atoms with Crippen LogP contribution < -0.4 is 26.0 Å². The number of aryl methyl sites for hydroxylation is 1. The lowest BCUT2D eigenvalue weighted by atomic mass is 10.0. The fourth-order valence-electron chi connectivity index (χ4n) is 5.54. The smallest absolute Gasteiger partial charge is 0.243 e. The molecular formula is C38H41N5O6. The lowest BCUT2D eigenvalue weighted by Gasteiger charge is -2.26. The average molecular weight is 664 g/mol. The van der Waals surface area contributed by atoms with E-state index in [9.17, 15) is 19.2 Å². The lowest BCUT2D eigenvalue weighted by Crippen LogP contribution is -2.57. The maximum atomic E-state index is 14.1. The van der Waals surface area contributed by atoms with Crippen molar-refractivity contribution in [2.45, 2.75) is 56.8 Å². The van der Waals surface area contributed by atoms with Gasteiger partial charge >= 0.3 is 0 Å². The van der Waals surface area contributed by atoms with Crippen LogP contribution in [0.1, 0.15) is 35.1 Å². The molecule has 2 heterocycles. The monoisotopic (exact) mass is 663 g/mol. The van der Waals surface area contributed by atoms with Crippen LogP contribution in [0, 0.1) is 0 Å². The molecule has 5 rings (SSSR count). The molecule has 4 N–H and O–H groups in total. The Kier molecular flexibility index (Phi) is 12.5. The topological polar surface area (TPSA) is 148 Å². The van der Waals surface area contributed by atoms with E-state index >= 15 is 0 Å². The average Bonchev–Trinajstić information content (AvgIpc) is 3.11. The molecule has 11 heteroatoms. The van der Waals surface area contributed by atoms with Crippen LogP contribution >= 0.6 is 0 Å². The van der Waals surface area contributed by atoms with Crippen molar-refractivity contribution in [1.29, 1.82) is 0 Å². The molecule has 4 amide bonds. The van der Waals surface area contributed by atoms with Gasteiger partial charge < -0.3 is 30.7 Å². The highest BCUT2D eigenvalue weighted by Crippen LogP contribution is 2.25. The number of fused-ring (bicyclic) bond motifs is 4. The summed E-state index contributed by atoms with van der Waals surface area (Å²) >= 11 is 0. The second kappa shape index (κ2) is 17.6. The van der Waals surface area contributed by atoms with Gasteiger partial charge in [-0.2, -0.15) is 0 Å². The minimum absolute atomic E-state index is 0.0630. The van der Waals surface area contributed by atoms with Crippen molar-refractivity contribution in [1.82, 2.24) is 26.3 Å². The van der Waals surface area contributed by atoms with E-state index in [-0.39, 0.29) is 44.7 Å². The molecule has 1 aliphatic rings. The number of carbonyl (C=O) groups is 4. The Morgan fingerprint density at radius 3 is 2.27 bits per heavy atom.